The van der Waals surface area contributed by atoms with E-state index in [2.05, 4.69) is 10.6 Å². The SMILES string of the molecule is Cc1cc(C)c(NC(=O)COC(=O)CN2C(=O)N[C@@](C)(c3ccccc3)C2=O)c(C)c1. The van der Waals surface area contributed by atoms with E-state index in [1.165, 1.54) is 0 Å². The fraction of sp³-hybridized carbons (Fsp3) is 0.304. The van der Waals surface area contributed by atoms with Gasteiger partial charge in [-0.15, -0.1) is 0 Å². The first-order valence-electron chi connectivity index (χ1n) is 9.85. The van der Waals surface area contributed by atoms with Crippen molar-refractivity contribution in [2.75, 3.05) is 18.5 Å². The predicted octanol–water partition coefficient (Wildman–Crippen LogP) is 2.56. The zero-order valence-corrected chi connectivity index (χ0v) is 17.9. The molecule has 0 saturated carbocycles. The van der Waals surface area contributed by atoms with E-state index in [0.29, 0.717) is 11.3 Å². The number of nitrogens with zero attached hydrogens (tertiary/aromatic N) is 1. The van der Waals surface area contributed by atoms with Gasteiger partial charge in [-0.25, -0.2) is 4.79 Å². The minimum atomic E-state index is -1.27. The molecule has 1 atom stereocenters. The molecule has 0 spiro atoms. The molecular formula is C23H25N3O5. The number of urea groups is 1. The first-order valence-corrected chi connectivity index (χ1v) is 9.85. The van der Waals surface area contributed by atoms with Gasteiger partial charge in [0.15, 0.2) is 6.61 Å². The smallest absolute Gasteiger partial charge is 0.326 e. The Labute approximate surface area is 180 Å². The number of nitrogens with one attached hydrogen (secondary N) is 2. The highest BCUT2D eigenvalue weighted by Gasteiger charge is 2.49. The monoisotopic (exact) mass is 423 g/mol. The number of anilines is 1. The average Bonchev–Trinajstić information content (AvgIpc) is 2.94. The first kappa shape index (κ1) is 22.0. The van der Waals surface area contributed by atoms with Crippen LogP contribution in [0.1, 0.15) is 29.2 Å². The van der Waals surface area contributed by atoms with Gasteiger partial charge >= 0.3 is 12.0 Å². The average molecular weight is 423 g/mol. The van der Waals surface area contributed by atoms with Crippen LogP contribution in [0.2, 0.25) is 0 Å². The summed E-state index contributed by atoms with van der Waals surface area (Å²) in [5.74, 6) is -1.92. The standard InChI is InChI=1S/C23H25N3O5/c1-14-10-15(2)20(16(3)11-14)24-18(27)13-31-19(28)12-26-21(29)23(4,25-22(26)30)17-8-6-5-7-9-17/h5-11H,12-13H2,1-4H3,(H,24,27)(H,25,30)/t23-/m0/s1. The highest BCUT2D eigenvalue weighted by atomic mass is 16.5. The maximum absolute atomic E-state index is 12.8. The van der Waals surface area contributed by atoms with Crippen molar-refractivity contribution >= 4 is 29.5 Å². The molecule has 0 aromatic heterocycles. The number of rotatable bonds is 6. The van der Waals surface area contributed by atoms with Crippen molar-refractivity contribution in [3.8, 4) is 0 Å². The van der Waals surface area contributed by atoms with Crippen LogP contribution in [0.5, 0.6) is 0 Å². The number of imide groups is 1. The fourth-order valence-electron chi connectivity index (χ4n) is 3.68. The second-order valence-electron chi connectivity index (χ2n) is 7.80. The maximum atomic E-state index is 12.8. The summed E-state index contributed by atoms with van der Waals surface area (Å²) in [7, 11) is 0. The Morgan fingerprint density at radius 1 is 1.06 bits per heavy atom. The maximum Gasteiger partial charge on any atom is 0.326 e. The number of ether oxygens (including phenoxy) is 1. The Morgan fingerprint density at radius 2 is 1.68 bits per heavy atom. The van der Waals surface area contributed by atoms with Crippen molar-refractivity contribution in [3.63, 3.8) is 0 Å². The molecule has 0 aliphatic carbocycles. The van der Waals surface area contributed by atoms with Crippen LogP contribution in [0.4, 0.5) is 10.5 Å². The quantitative estimate of drug-likeness (QED) is 0.549. The molecule has 3 rings (SSSR count). The number of aryl methyl sites for hydroxylation is 3. The summed E-state index contributed by atoms with van der Waals surface area (Å²) in [4.78, 5) is 50.3. The van der Waals surface area contributed by atoms with E-state index in [0.717, 1.165) is 21.6 Å². The molecule has 2 aromatic rings. The van der Waals surface area contributed by atoms with Crippen LogP contribution >= 0.6 is 0 Å². The largest absolute Gasteiger partial charge is 0.454 e. The summed E-state index contributed by atoms with van der Waals surface area (Å²) >= 11 is 0. The molecule has 2 aromatic carbocycles. The Morgan fingerprint density at radius 3 is 2.29 bits per heavy atom. The Balaban J connectivity index is 1.58. The van der Waals surface area contributed by atoms with Gasteiger partial charge in [0.05, 0.1) is 0 Å². The lowest BCUT2D eigenvalue weighted by Gasteiger charge is -2.21. The normalized spacial score (nSPS) is 18.0. The molecule has 1 aliphatic heterocycles. The molecule has 8 nitrogen and oxygen atoms in total. The zero-order chi connectivity index (χ0) is 22.8. The third kappa shape index (κ3) is 4.58. The number of hydrogen-bond acceptors (Lipinski definition) is 5. The topological polar surface area (TPSA) is 105 Å². The predicted molar refractivity (Wildman–Crippen MR) is 114 cm³/mol. The van der Waals surface area contributed by atoms with E-state index in [9.17, 15) is 19.2 Å². The van der Waals surface area contributed by atoms with Crippen molar-refractivity contribution in [1.29, 1.82) is 0 Å². The summed E-state index contributed by atoms with van der Waals surface area (Å²) < 4.78 is 4.99. The molecule has 1 saturated heterocycles. The first-order chi connectivity index (χ1) is 14.6. The summed E-state index contributed by atoms with van der Waals surface area (Å²) in [6.07, 6.45) is 0. The summed E-state index contributed by atoms with van der Waals surface area (Å²) in [5, 5.41) is 5.35. The summed E-state index contributed by atoms with van der Waals surface area (Å²) in [5.41, 5.74) is 2.88. The van der Waals surface area contributed by atoms with Gasteiger partial charge in [0.25, 0.3) is 11.8 Å². The van der Waals surface area contributed by atoms with Crippen LogP contribution in [0, 0.1) is 20.8 Å². The van der Waals surface area contributed by atoms with Crippen LogP contribution in [0.15, 0.2) is 42.5 Å². The summed E-state index contributed by atoms with van der Waals surface area (Å²) in [6.45, 7) is 6.19. The van der Waals surface area contributed by atoms with Crippen molar-refractivity contribution in [1.82, 2.24) is 10.2 Å². The van der Waals surface area contributed by atoms with Gasteiger partial charge in [-0.3, -0.25) is 19.3 Å². The van der Waals surface area contributed by atoms with Crippen LogP contribution < -0.4 is 10.6 Å². The van der Waals surface area contributed by atoms with Gasteiger partial charge in [0.2, 0.25) is 0 Å². The molecule has 162 valence electrons. The minimum absolute atomic E-state index is 0.505. The molecule has 31 heavy (non-hydrogen) atoms. The molecule has 4 amide bonds. The second-order valence-corrected chi connectivity index (χ2v) is 7.80. The van der Waals surface area contributed by atoms with E-state index in [1.54, 1.807) is 37.3 Å². The Kier molecular flexibility index (Phi) is 6.10. The van der Waals surface area contributed by atoms with Crippen molar-refractivity contribution < 1.29 is 23.9 Å². The molecule has 0 radical (unpaired) electrons. The van der Waals surface area contributed by atoms with E-state index in [1.807, 2.05) is 32.9 Å². The second kappa shape index (κ2) is 8.59. The molecule has 2 N–H and O–H groups in total. The van der Waals surface area contributed by atoms with Gasteiger partial charge < -0.3 is 15.4 Å². The number of esters is 1. The molecule has 0 unspecified atom stereocenters. The lowest BCUT2D eigenvalue weighted by atomic mass is 9.92. The van der Waals surface area contributed by atoms with Gasteiger partial charge in [0.1, 0.15) is 12.1 Å². The number of amides is 4. The van der Waals surface area contributed by atoms with Gasteiger partial charge in [-0.2, -0.15) is 0 Å². The molecule has 0 bridgehead atoms. The van der Waals surface area contributed by atoms with E-state index in [-0.39, 0.29) is 0 Å². The van der Waals surface area contributed by atoms with E-state index in [4.69, 9.17) is 4.74 Å². The van der Waals surface area contributed by atoms with E-state index < -0.39 is 42.5 Å². The molecular weight excluding hydrogens is 398 g/mol. The molecule has 8 heteroatoms. The third-order valence-corrected chi connectivity index (χ3v) is 5.22. The van der Waals surface area contributed by atoms with E-state index >= 15 is 0 Å². The van der Waals surface area contributed by atoms with Crippen molar-refractivity contribution in [2.24, 2.45) is 0 Å². The molecule has 1 heterocycles. The number of carbonyl (C=O) groups excluding carboxylic acids is 4. The van der Waals surface area contributed by atoms with Crippen molar-refractivity contribution in [3.05, 3.63) is 64.7 Å². The summed E-state index contributed by atoms with van der Waals surface area (Å²) in [6, 6.07) is 11.9. The van der Waals surface area contributed by atoms with Crippen LogP contribution in [0.3, 0.4) is 0 Å². The highest BCUT2D eigenvalue weighted by molar-refractivity contribution is 6.09. The van der Waals surface area contributed by atoms with Gasteiger partial charge in [0, 0.05) is 5.69 Å². The fourth-order valence-corrected chi connectivity index (χ4v) is 3.68. The zero-order valence-electron chi connectivity index (χ0n) is 17.9. The minimum Gasteiger partial charge on any atom is -0.454 e. The van der Waals surface area contributed by atoms with Crippen LogP contribution in [0.25, 0.3) is 0 Å². The van der Waals surface area contributed by atoms with Crippen LogP contribution in [-0.4, -0.2) is 41.9 Å². The highest BCUT2D eigenvalue weighted by Crippen LogP contribution is 2.28. The molecule has 1 aliphatic rings. The van der Waals surface area contributed by atoms with Gasteiger partial charge in [-0.05, 0) is 44.4 Å². The molecule has 1 fully saturated rings. The number of hydrogen-bond donors (Lipinski definition) is 2. The lowest BCUT2D eigenvalue weighted by Crippen LogP contribution is -2.41. The Bertz CT molecular complexity index is 1030. The third-order valence-electron chi connectivity index (χ3n) is 5.22. The van der Waals surface area contributed by atoms with Gasteiger partial charge in [-0.1, -0.05) is 48.0 Å². The lowest BCUT2D eigenvalue weighted by molar-refractivity contribution is -0.150. The van der Waals surface area contributed by atoms with Crippen molar-refractivity contribution in [2.45, 2.75) is 33.2 Å². The van der Waals surface area contributed by atoms with Crippen LogP contribution in [-0.2, 0) is 24.7 Å². The Hall–Kier alpha value is -3.68. The number of carbonyl (C=O) groups is 4. The number of benzene rings is 2.